The molecule has 1 heterocycles. The minimum absolute atomic E-state index is 0.0370. The van der Waals surface area contributed by atoms with Gasteiger partial charge < -0.3 is 30.5 Å². The van der Waals surface area contributed by atoms with Crippen molar-refractivity contribution < 1.29 is 37.3 Å². The molecule has 1 saturated heterocycles. The predicted octanol–water partition coefficient (Wildman–Crippen LogP) is 4.93. The topological polar surface area (TPSA) is 109 Å². The van der Waals surface area contributed by atoms with Crippen LogP contribution in [0.4, 0.5) is 29.3 Å². The Hall–Kier alpha value is -4.25. The number of carbonyl (C=O) groups is 2. The maximum atomic E-state index is 13.2. The second-order valence-corrected chi connectivity index (χ2v) is 8.41. The fourth-order valence-corrected chi connectivity index (χ4v) is 3.77. The maximum absolute atomic E-state index is 13.2. The van der Waals surface area contributed by atoms with Crippen LogP contribution in [-0.4, -0.2) is 36.0 Å². The van der Waals surface area contributed by atoms with E-state index < -0.39 is 29.5 Å². The maximum Gasteiger partial charge on any atom is 0.418 e. The summed E-state index contributed by atoms with van der Waals surface area (Å²) in [7, 11) is 0. The number of alkyl halides is 3. The largest absolute Gasteiger partial charge is 0.508 e. The van der Waals surface area contributed by atoms with Gasteiger partial charge in [-0.15, -0.1) is 0 Å². The standard InChI is InChI=1S/C26H24F3N3O5/c27-26(28,29)21-6-1-2-7-22(21)31-19-10-8-17(9-11-19)15-30-24(35)37-25(12-13-36-16-25)32-23(34)18-4-3-5-20(33)14-18/h1-11,14,31,33H,12-13,15-16H2,(H,30,35)(H,32,34)/t25-/m0/s1. The van der Waals surface area contributed by atoms with Crippen LogP contribution in [-0.2, 0) is 22.2 Å². The highest BCUT2D eigenvalue weighted by Gasteiger charge is 2.41. The van der Waals surface area contributed by atoms with Gasteiger partial charge in [0.15, 0.2) is 0 Å². The van der Waals surface area contributed by atoms with Crippen molar-refractivity contribution in [3.8, 4) is 5.75 Å². The van der Waals surface area contributed by atoms with Gasteiger partial charge in [0.2, 0.25) is 5.72 Å². The van der Waals surface area contributed by atoms with Gasteiger partial charge in [0.05, 0.1) is 17.9 Å². The molecule has 0 aromatic heterocycles. The molecule has 0 unspecified atom stereocenters. The first-order valence-corrected chi connectivity index (χ1v) is 11.3. The summed E-state index contributed by atoms with van der Waals surface area (Å²) < 4.78 is 50.4. The van der Waals surface area contributed by atoms with Crippen LogP contribution in [0.25, 0.3) is 0 Å². The lowest BCUT2D eigenvalue weighted by Crippen LogP contribution is -2.53. The molecule has 3 aromatic carbocycles. The van der Waals surface area contributed by atoms with Crippen molar-refractivity contribution in [3.63, 3.8) is 0 Å². The van der Waals surface area contributed by atoms with Gasteiger partial charge in [0.25, 0.3) is 5.91 Å². The summed E-state index contributed by atoms with van der Waals surface area (Å²) in [5, 5.41) is 17.6. The van der Waals surface area contributed by atoms with Gasteiger partial charge in [0.1, 0.15) is 12.4 Å². The number of alkyl carbamates (subject to hydrolysis) is 1. The number of anilines is 2. The molecular formula is C26H24F3N3O5. The van der Waals surface area contributed by atoms with Crippen molar-refractivity contribution in [2.45, 2.75) is 24.9 Å². The smallest absolute Gasteiger partial charge is 0.418 e. The van der Waals surface area contributed by atoms with Gasteiger partial charge in [-0.05, 0) is 48.0 Å². The molecule has 2 amide bonds. The Labute approximate surface area is 210 Å². The molecular weight excluding hydrogens is 491 g/mol. The number of nitrogens with one attached hydrogen (secondary N) is 3. The first kappa shape index (κ1) is 25.8. The number of phenols is 1. The molecule has 1 atom stereocenters. The lowest BCUT2D eigenvalue weighted by atomic mass is 10.1. The molecule has 8 nitrogen and oxygen atoms in total. The zero-order valence-corrected chi connectivity index (χ0v) is 19.5. The number of amides is 2. The Kier molecular flexibility index (Phi) is 7.53. The fraction of sp³-hybridized carbons (Fsp3) is 0.231. The minimum Gasteiger partial charge on any atom is -0.508 e. The summed E-state index contributed by atoms with van der Waals surface area (Å²) in [6.45, 7) is 0.319. The number of ether oxygens (including phenoxy) is 2. The summed E-state index contributed by atoms with van der Waals surface area (Å²) in [6.07, 6.45) is -5.04. The molecule has 0 aliphatic carbocycles. The quantitative estimate of drug-likeness (QED) is 0.333. The zero-order chi connectivity index (χ0) is 26.5. The molecule has 1 aliphatic rings. The molecule has 11 heteroatoms. The molecule has 1 fully saturated rings. The van der Waals surface area contributed by atoms with Crippen LogP contribution in [0.15, 0.2) is 72.8 Å². The number of hydrogen-bond acceptors (Lipinski definition) is 6. The third kappa shape index (κ3) is 6.70. The highest BCUT2D eigenvalue weighted by molar-refractivity contribution is 5.95. The Morgan fingerprint density at radius 2 is 1.78 bits per heavy atom. The number of phenolic OH excluding ortho intramolecular Hbond substituents is 1. The summed E-state index contributed by atoms with van der Waals surface area (Å²) in [5.41, 5.74) is -0.897. The van der Waals surface area contributed by atoms with E-state index in [-0.39, 0.29) is 43.2 Å². The monoisotopic (exact) mass is 515 g/mol. The molecule has 3 aromatic rings. The summed E-state index contributed by atoms with van der Waals surface area (Å²) in [6, 6.07) is 17.4. The molecule has 37 heavy (non-hydrogen) atoms. The van der Waals surface area contributed by atoms with Gasteiger partial charge >= 0.3 is 12.3 Å². The third-order valence-corrected chi connectivity index (χ3v) is 5.63. The van der Waals surface area contributed by atoms with Gasteiger partial charge in [-0.2, -0.15) is 13.2 Å². The Balaban J connectivity index is 1.33. The van der Waals surface area contributed by atoms with E-state index in [1.807, 2.05) is 0 Å². The lowest BCUT2D eigenvalue weighted by Gasteiger charge is -2.28. The first-order valence-electron chi connectivity index (χ1n) is 11.3. The second kappa shape index (κ2) is 10.8. The summed E-state index contributed by atoms with van der Waals surface area (Å²) in [4.78, 5) is 25.1. The predicted molar refractivity (Wildman–Crippen MR) is 128 cm³/mol. The van der Waals surface area contributed by atoms with Crippen molar-refractivity contribution in [2.24, 2.45) is 0 Å². The number of carbonyl (C=O) groups excluding carboxylic acids is 2. The highest BCUT2D eigenvalue weighted by Crippen LogP contribution is 2.35. The van der Waals surface area contributed by atoms with Crippen molar-refractivity contribution in [2.75, 3.05) is 18.5 Å². The van der Waals surface area contributed by atoms with E-state index in [1.165, 1.54) is 42.5 Å². The van der Waals surface area contributed by atoms with Crippen molar-refractivity contribution in [1.82, 2.24) is 10.6 Å². The third-order valence-electron chi connectivity index (χ3n) is 5.63. The Morgan fingerprint density at radius 1 is 1.03 bits per heavy atom. The molecule has 4 N–H and O–H groups in total. The SMILES string of the molecule is O=C(NCc1ccc(Nc2ccccc2C(F)(F)F)cc1)O[C@@]1(NC(=O)c2cccc(O)c2)CCOC1. The van der Waals surface area contributed by atoms with Crippen molar-refractivity contribution >= 4 is 23.4 Å². The van der Waals surface area contributed by atoms with E-state index in [9.17, 15) is 27.9 Å². The van der Waals surface area contributed by atoms with E-state index in [0.29, 0.717) is 11.3 Å². The van der Waals surface area contributed by atoms with Gasteiger partial charge in [0, 0.05) is 24.2 Å². The lowest BCUT2D eigenvalue weighted by molar-refractivity contribution is -0.136. The Bertz CT molecular complexity index is 1260. The number of para-hydroxylation sites is 1. The second-order valence-electron chi connectivity index (χ2n) is 8.41. The van der Waals surface area contributed by atoms with E-state index in [0.717, 1.165) is 6.07 Å². The average molecular weight is 515 g/mol. The summed E-state index contributed by atoms with van der Waals surface area (Å²) in [5.74, 6) is -0.613. The first-order chi connectivity index (χ1) is 17.6. The molecule has 1 aliphatic heterocycles. The molecule has 0 spiro atoms. The van der Waals surface area contributed by atoms with Crippen LogP contribution in [0.5, 0.6) is 5.75 Å². The molecule has 0 radical (unpaired) electrons. The Morgan fingerprint density at radius 3 is 2.46 bits per heavy atom. The fourth-order valence-electron chi connectivity index (χ4n) is 3.77. The van der Waals surface area contributed by atoms with E-state index >= 15 is 0 Å². The van der Waals surface area contributed by atoms with Crippen molar-refractivity contribution in [1.29, 1.82) is 0 Å². The van der Waals surface area contributed by atoms with Gasteiger partial charge in [-0.1, -0.05) is 30.3 Å². The summed E-state index contributed by atoms with van der Waals surface area (Å²) >= 11 is 0. The molecule has 0 saturated carbocycles. The normalized spacial score (nSPS) is 17.2. The number of benzene rings is 3. The van der Waals surface area contributed by atoms with E-state index in [2.05, 4.69) is 16.0 Å². The number of rotatable bonds is 7. The molecule has 4 rings (SSSR count). The highest BCUT2D eigenvalue weighted by atomic mass is 19.4. The van der Waals surface area contributed by atoms with Crippen LogP contribution in [0, 0.1) is 0 Å². The number of aromatic hydroxyl groups is 1. The van der Waals surface area contributed by atoms with Crippen LogP contribution in [0.3, 0.4) is 0 Å². The van der Waals surface area contributed by atoms with Crippen molar-refractivity contribution in [3.05, 3.63) is 89.5 Å². The average Bonchev–Trinajstić information content (AvgIpc) is 3.31. The van der Waals surface area contributed by atoms with Gasteiger partial charge in [-0.3, -0.25) is 4.79 Å². The molecule has 0 bridgehead atoms. The van der Waals surface area contributed by atoms with Gasteiger partial charge in [-0.25, -0.2) is 4.79 Å². The zero-order valence-electron chi connectivity index (χ0n) is 19.5. The van der Waals surface area contributed by atoms with E-state index in [4.69, 9.17) is 9.47 Å². The minimum atomic E-state index is -4.49. The van der Waals surface area contributed by atoms with Crippen LogP contribution in [0.1, 0.15) is 27.9 Å². The number of halogens is 3. The number of hydrogen-bond donors (Lipinski definition) is 4. The van der Waals surface area contributed by atoms with Crippen LogP contribution in [0.2, 0.25) is 0 Å². The van der Waals surface area contributed by atoms with E-state index in [1.54, 1.807) is 24.3 Å². The van der Waals surface area contributed by atoms with Crippen LogP contribution >= 0.6 is 0 Å². The molecule has 194 valence electrons. The van der Waals surface area contributed by atoms with Crippen LogP contribution < -0.4 is 16.0 Å².